The minimum absolute atomic E-state index is 0.109. The molecule has 31 heavy (non-hydrogen) atoms. The Morgan fingerprint density at radius 1 is 1.00 bits per heavy atom. The minimum atomic E-state index is -4.51. The number of anilines is 2. The number of nitrogens with two attached hydrogens (primary N) is 1. The molecule has 2 atom stereocenters. The van der Waals surface area contributed by atoms with Crippen LogP contribution in [-0.2, 0) is 17.3 Å². The number of ether oxygens (including phenoxy) is 1. The number of halogens is 3. The van der Waals surface area contributed by atoms with Crippen LogP contribution in [0, 0.1) is 0 Å². The number of amidine groups is 1. The van der Waals surface area contributed by atoms with Gasteiger partial charge in [-0.2, -0.15) is 18.2 Å². The fraction of sp³-hybridized carbons (Fsp3) is 0.217. The number of hydrogen-bond donors (Lipinski definition) is 2. The molecule has 0 saturated carbocycles. The third-order valence-corrected chi connectivity index (χ3v) is 5.67. The molecule has 158 valence electrons. The van der Waals surface area contributed by atoms with Crippen molar-refractivity contribution in [1.29, 1.82) is 0 Å². The van der Waals surface area contributed by atoms with E-state index < -0.39 is 11.9 Å². The fourth-order valence-electron chi connectivity index (χ4n) is 4.31. The topological polar surface area (TPSA) is 72.5 Å². The molecular weight excluding hydrogens is 405 g/mol. The summed E-state index contributed by atoms with van der Waals surface area (Å²) in [6, 6.07) is 17.5. The number of aryl methyl sites for hydroxylation is 1. The summed E-state index contributed by atoms with van der Waals surface area (Å²) in [5.41, 5.74) is 9.65. The van der Waals surface area contributed by atoms with E-state index in [9.17, 15) is 13.2 Å². The summed E-state index contributed by atoms with van der Waals surface area (Å²) in [5.74, 6) is 0.225. The first-order chi connectivity index (χ1) is 14.9. The Hall–Kier alpha value is -3.55. The van der Waals surface area contributed by atoms with Crippen molar-refractivity contribution in [1.82, 2.24) is 4.98 Å². The quantitative estimate of drug-likeness (QED) is 0.575. The van der Waals surface area contributed by atoms with Crippen LogP contribution >= 0.6 is 0 Å². The Labute approximate surface area is 176 Å². The van der Waals surface area contributed by atoms with Crippen LogP contribution in [0.1, 0.15) is 40.8 Å². The van der Waals surface area contributed by atoms with Gasteiger partial charge in [-0.25, -0.2) is 4.98 Å². The zero-order valence-electron chi connectivity index (χ0n) is 16.4. The maximum atomic E-state index is 13.0. The minimum Gasteiger partial charge on any atom is -0.456 e. The first-order valence-electron chi connectivity index (χ1n) is 9.92. The zero-order valence-corrected chi connectivity index (χ0v) is 16.4. The lowest BCUT2D eigenvalue weighted by molar-refractivity contribution is -0.141. The van der Waals surface area contributed by atoms with Gasteiger partial charge in [0.1, 0.15) is 17.6 Å². The van der Waals surface area contributed by atoms with Gasteiger partial charge in [-0.1, -0.05) is 30.3 Å². The number of aromatic nitrogens is 1. The molecule has 0 radical (unpaired) electrons. The van der Waals surface area contributed by atoms with Crippen molar-refractivity contribution in [3.63, 3.8) is 0 Å². The first kappa shape index (κ1) is 19.4. The van der Waals surface area contributed by atoms with Crippen LogP contribution in [-0.4, -0.2) is 11.0 Å². The molecule has 0 fully saturated rings. The van der Waals surface area contributed by atoms with E-state index in [1.54, 1.807) is 12.1 Å². The summed E-state index contributed by atoms with van der Waals surface area (Å²) < 4.78 is 44.9. The Kier molecular flexibility index (Phi) is 4.57. The highest BCUT2D eigenvalue weighted by Crippen LogP contribution is 2.48. The summed E-state index contributed by atoms with van der Waals surface area (Å²) >= 11 is 0. The second-order valence-electron chi connectivity index (χ2n) is 7.64. The van der Waals surface area contributed by atoms with Crippen LogP contribution in [0.3, 0.4) is 0 Å². The Morgan fingerprint density at radius 3 is 2.68 bits per heavy atom. The molecule has 1 aromatic heterocycles. The van der Waals surface area contributed by atoms with Gasteiger partial charge in [-0.05, 0) is 54.3 Å². The number of benzene rings is 2. The van der Waals surface area contributed by atoms with Crippen molar-refractivity contribution in [3.05, 3.63) is 83.0 Å². The monoisotopic (exact) mass is 424 g/mol. The smallest absolute Gasteiger partial charge is 0.433 e. The molecule has 0 saturated heterocycles. The number of aliphatic imine (C=N–C) groups is 1. The van der Waals surface area contributed by atoms with Crippen molar-refractivity contribution < 1.29 is 17.9 Å². The molecule has 5 nitrogen and oxygen atoms in total. The summed E-state index contributed by atoms with van der Waals surface area (Å²) in [7, 11) is 0. The van der Waals surface area contributed by atoms with Gasteiger partial charge >= 0.3 is 6.18 Å². The zero-order chi connectivity index (χ0) is 21.6. The molecule has 3 N–H and O–H groups in total. The largest absolute Gasteiger partial charge is 0.456 e. The summed E-state index contributed by atoms with van der Waals surface area (Å²) in [4.78, 5) is 7.97. The highest BCUT2D eigenvalue weighted by molar-refractivity contribution is 5.79. The molecule has 3 aromatic rings. The van der Waals surface area contributed by atoms with E-state index in [4.69, 9.17) is 10.5 Å². The first-order valence-corrected chi connectivity index (χ1v) is 9.92. The SMILES string of the molecule is NC1=Nc2ccc(Nc3cccc(C(F)(F)F)n3)cc2[C@@H](C2CCc3ccccc32)O1. The van der Waals surface area contributed by atoms with Crippen LogP contribution in [0.5, 0.6) is 0 Å². The lowest BCUT2D eigenvalue weighted by atomic mass is 9.89. The van der Waals surface area contributed by atoms with Gasteiger partial charge in [0.15, 0.2) is 0 Å². The predicted molar refractivity (Wildman–Crippen MR) is 112 cm³/mol. The summed E-state index contributed by atoms with van der Waals surface area (Å²) in [5, 5.41) is 2.96. The maximum Gasteiger partial charge on any atom is 0.433 e. The lowest BCUT2D eigenvalue weighted by Gasteiger charge is -2.30. The Bertz CT molecular complexity index is 1180. The molecule has 1 aliphatic carbocycles. The molecule has 1 unspecified atom stereocenters. The van der Waals surface area contributed by atoms with Crippen molar-refractivity contribution in [2.24, 2.45) is 10.7 Å². The van der Waals surface area contributed by atoms with Crippen molar-refractivity contribution in [3.8, 4) is 0 Å². The average molecular weight is 424 g/mol. The van der Waals surface area contributed by atoms with E-state index in [0.29, 0.717) is 11.4 Å². The van der Waals surface area contributed by atoms with Crippen LogP contribution in [0.25, 0.3) is 0 Å². The van der Waals surface area contributed by atoms with Crippen molar-refractivity contribution in [2.45, 2.75) is 31.0 Å². The molecule has 2 aliphatic rings. The standard InChI is InChI=1S/C23H19F3N4O/c24-23(25,26)19-6-3-7-20(30-19)28-14-9-11-18-17(12-14)21(31-22(27)29-18)16-10-8-13-4-1-2-5-15(13)16/h1-7,9,11-12,16,21H,8,10H2,(H2,27,29)(H,28,30)/t16?,21-/m1/s1. The molecular formula is C23H19F3N4O. The normalized spacial score (nSPS) is 19.8. The summed E-state index contributed by atoms with van der Waals surface area (Å²) in [6.45, 7) is 0. The highest BCUT2D eigenvalue weighted by atomic mass is 19.4. The fourth-order valence-corrected chi connectivity index (χ4v) is 4.31. The third-order valence-electron chi connectivity index (χ3n) is 5.67. The van der Waals surface area contributed by atoms with Crippen molar-refractivity contribution in [2.75, 3.05) is 5.32 Å². The molecule has 5 rings (SSSR count). The molecule has 0 bridgehead atoms. The average Bonchev–Trinajstić information content (AvgIpc) is 3.17. The van der Waals surface area contributed by atoms with Crippen LogP contribution in [0.2, 0.25) is 0 Å². The number of fused-ring (bicyclic) bond motifs is 2. The second-order valence-corrected chi connectivity index (χ2v) is 7.64. The van der Waals surface area contributed by atoms with Gasteiger partial charge in [-0.3, -0.25) is 0 Å². The van der Waals surface area contributed by atoms with Gasteiger partial charge in [0.25, 0.3) is 6.02 Å². The molecule has 0 spiro atoms. The van der Waals surface area contributed by atoms with Crippen LogP contribution < -0.4 is 11.1 Å². The number of pyridine rings is 1. The number of nitrogens with zero attached hydrogens (tertiary/aromatic N) is 2. The van der Waals surface area contributed by atoms with E-state index in [0.717, 1.165) is 24.5 Å². The molecule has 1 aliphatic heterocycles. The third kappa shape index (κ3) is 3.69. The second kappa shape index (κ2) is 7.30. The molecule has 8 heteroatoms. The highest BCUT2D eigenvalue weighted by Gasteiger charge is 2.36. The number of rotatable bonds is 3. The molecule has 0 amide bonds. The van der Waals surface area contributed by atoms with Gasteiger partial charge in [0.05, 0.1) is 5.69 Å². The molecule has 2 heterocycles. The Balaban J connectivity index is 1.49. The van der Waals surface area contributed by atoms with Gasteiger partial charge in [0, 0.05) is 17.2 Å². The van der Waals surface area contributed by atoms with E-state index in [2.05, 4.69) is 27.4 Å². The Morgan fingerprint density at radius 2 is 1.84 bits per heavy atom. The number of alkyl halides is 3. The van der Waals surface area contributed by atoms with Gasteiger partial charge in [0.2, 0.25) is 0 Å². The number of nitrogens with one attached hydrogen (secondary N) is 1. The van der Waals surface area contributed by atoms with E-state index >= 15 is 0 Å². The summed E-state index contributed by atoms with van der Waals surface area (Å²) in [6.07, 6.45) is -2.95. The number of hydrogen-bond acceptors (Lipinski definition) is 5. The molecule has 2 aromatic carbocycles. The predicted octanol–water partition coefficient (Wildman–Crippen LogP) is 5.59. The maximum absolute atomic E-state index is 13.0. The van der Waals surface area contributed by atoms with E-state index in [1.165, 1.54) is 23.3 Å². The van der Waals surface area contributed by atoms with Crippen molar-refractivity contribution >= 4 is 23.2 Å². The van der Waals surface area contributed by atoms with Crippen LogP contribution in [0.4, 0.5) is 30.4 Å². The lowest BCUT2D eigenvalue weighted by Crippen LogP contribution is -2.26. The van der Waals surface area contributed by atoms with Crippen LogP contribution in [0.15, 0.2) is 65.7 Å². The van der Waals surface area contributed by atoms with Gasteiger partial charge < -0.3 is 15.8 Å². The van der Waals surface area contributed by atoms with Gasteiger partial charge in [-0.15, -0.1) is 0 Å². The van der Waals surface area contributed by atoms with E-state index in [-0.39, 0.29) is 23.9 Å². The van der Waals surface area contributed by atoms with E-state index in [1.807, 2.05) is 18.2 Å².